The van der Waals surface area contributed by atoms with Gasteiger partial charge in [0.1, 0.15) is 0 Å². The topological polar surface area (TPSA) is 0 Å². The monoisotopic (exact) mass is 354 g/mol. The van der Waals surface area contributed by atoms with Gasteiger partial charge in [0.2, 0.25) is 0 Å². The molecule has 0 saturated carbocycles. The van der Waals surface area contributed by atoms with Crippen molar-refractivity contribution in [3.63, 3.8) is 0 Å². The highest BCUT2D eigenvalue weighted by molar-refractivity contribution is 14.1. The van der Waals surface area contributed by atoms with Crippen molar-refractivity contribution >= 4 is 50.3 Å². The van der Waals surface area contributed by atoms with E-state index in [0.717, 1.165) is 0 Å². The van der Waals surface area contributed by atoms with E-state index in [1.807, 2.05) is 11.8 Å². The van der Waals surface area contributed by atoms with Crippen LogP contribution in [-0.4, -0.2) is 5.75 Å². The molecule has 1 heterocycles. The van der Waals surface area contributed by atoms with Gasteiger partial charge in [0.05, 0.1) is 0 Å². The fourth-order valence-electron chi connectivity index (χ4n) is 1.36. The van der Waals surface area contributed by atoms with Gasteiger partial charge in [-0.3, -0.25) is 0 Å². The largest absolute Gasteiger partial charge is 0.126 e. The zero-order valence-corrected chi connectivity index (χ0v) is 10.9. The molecular formula is C9H8BrIS. The van der Waals surface area contributed by atoms with Gasteiger partial charge in [-0.1, -0.05) is 22.0 Å². The van der Waals surface area contributed by atoms with Gasteiger partial charge in [0.25, 0.3) is 0 Å². The number of hydrogen-bond donors (Lipinski definition) is 0. The van der Waals surface area contributed by atoms with E-state index in [1.165, 1.54) is 26.2 Å². The van der Waals surface area contributed by atoms with Gasteiger partial charge in [-0.25, -0.2) is 0 Å². The molecule has 0 nitrogen and oxygen atoms in total. The Bertz CT molecular complexity index is 301. The quantitative estimate of drug-likeness (QED) is 0.496. The zero-order valence-electron chi connectivity index (χ0n) is 6.39. The molecule has 64 valence electrons. The highest BCUT2D eigenvalue weighted by Gasteiger charge is 2.19. The maximum Gasteiger partial charge on any atom is 0.0424 e. The molecule has 0 radical (unpaired) electrons. The van der Waals surface area contributed by atoms with Crippen LogP contribution in [0, 0.1) is 3.57 Å². The summed E-state index contributed by atoms with van der Waals surface area (Å²) >= 11 is 8.11. The summed E-state index contributed by atoms with van der Waals surface area (Å²) in [7, 11) is 0. The van der Waals surface area contributed by atoms with Gasteiger partial charge in [-0.05, 0) is 52.5 Å². The van der Waals surface area contributed by atoms with Crippen molar-refractivity contribution in [2.45, 2.75) is 16.1 Å². The number of thioether (sulfide) groups is 1. The summed E-state index contributed by atoms with van der Waals surface area (Å²) in [5, 5.41) is 0. The van der Waals surface area contributed by atoms with Crippen LogP contribution in [0.3, 0.4) is 0 Å². The SMILES string of the molecule is BrC1CCSc2cccc(I)c21. The molecule has 1 aliphatic heterocycles. The Morgan fingerprint density at radius 3 is 3.08 bits per heavy atom. The van der Waals surface area contributed by atoms with Gasteiger partial charge in [0, 0.05) is 13.3 Å². The maximum absolute atomic E-state index is 3.72. The molecular weight excluding hydrogens is 347 g/mol. The number of halogens is 2. The lowest BCUT2D eigenvalue weighted by molar-refractivity contribution is 0.873. The van der Waals surface area contributed by atoms with Crippen LogP contribution in [0.15, 0.2) is 23.1 Å². The Morgan fingerprint density at radius 2 is 2.33 bits per heavy atom. The highest BCUT2D eigenvalue weighted by atomic mass is 127. The van der Waals surface area contributed by atoms with Gasteiger partial charge in [-0.15, -0.1) is 11.8 Å². The lowest BCUT2D eigenvalue weighted by atomic mass is 10.1. The molecule has 1 aliphatic rings. The standard InChI is InChI=1S/C9H8BrIS/c10-6-4-5-12-8-3-1-2-7(11)9(6)8/h1-3,6H,4-5H2. The van der Waals surface area contributed by atoms with Crippen LogP contribution in [0.1, 0.15) is 16.8 Å². The molecule has 1 unspecified atom stereocenters. The number of rotatable bonds is 0. The second kappa shape index (κ2) is 3.88. The smallest absolute Gasteiger partial charge is 0.0424 e. The molecule has 1 aromatic rings. The van der Waals surface area contributed by atoms with Crippen molar-refractivity contribution in [1.29, 1.82) is 0 Å². The number of alkyl halides is 1. The minimum absolute atomic E-state index is 0.571. The third-order valence-corrected chi connectivity index (χ3v) is 4.92. The van der Waals surface area contributed by atoms with Gasteiger partial charge in [0.15, 0.2) is 0 Å². The van der Waals surface area contributed by atoms with Crippen LogP contribution in [0.25, 0.3) is 0 Å². The van der Waals surface area contributed by atoms with E-state index >= 15 is 0 Å². The van der Waals surface area contributed by atoms with E-state index in [9.17, 15) is 0 Å². The van der Waals surface area contributed by atoms with Crippen molar-refractivity contribution in [3.8, 4) is 0 Å². The lowest BCUT2D eigenvalue weighted by Crippen LogP contribution is -2.03. The molecule has 0 saturated heterocycles. The predicted octanol–water partition coefficient (Wildman–Crippen LogP) is 4.22. The van der Waals surface area contributed by atoms with Crippen molar-refractivity contribution < 1.29 is 0 Å². The molecule has 0 N–H and O–H groups in total. The fraction of sp³-hybridized carbons (Fsp3) is 0.333. The number of hydrogen-bond acceptors (Lipinski definition) is 1. The number of fused-ring (bicyclic) bond motifs is 1. The summed E-state index contributed by atoms with van der Waals surface area (Å²) in [5.41, 5.74) is 1.49. The molecule has 2 rings (SSSR count). The van der Waals surface area contributed by atoms with E-state index in [4.69, 9.17) is 0 Å². The second-order valence-corrected chi connectivity index (χ2v) is 6.16. The maximum atomic E-state index is 3.72. The van der Waals surface area contributed by atoms with E-state index in [2.05, 4.69) is 56.7 Å². The van der Waals surface area contributed by atoms with Crippen molar-refractivity contribution in [2.24, 2.45) is 0 Å². The Kier molecular flexibility index (Phi) is 3.02. The van der Waals surface area contributed by atoms with Gasteiger partial charge in [-0.2, -0.15) is 0 Å². The molecule has 0 amide bonds. The van der Waals surface area contributed by atoms with Gasteiger partial charge >= 0.3 is 0 Å². The summed E-state index contributed by atoms with van der Waals surface area (Å²) in [6.45, 7) is 0. The first-order valence-corrected chi connectivity index (χ1v) is 6.82. The summed E-state index contributed by atoms with van der Waals surface area (Å²) in [5.74, 6) is 1.24. The first-order chi connectivity index (χ1) is 5.79. The third-order valence-electron chi connectivity index (χ3n) is 1.96. The summed E-state index contributed by atoms with van der Waals surface area (Å²) in [6.07, 6.45) is 1.25. The van der Waals surface area contributed by atoms with Gasteiger partial charge < -0.3 is 0 Å². The Morgan fingerprint density at radius 1 is 1.50 bits per heavy atom. The molecule has 0 spiro atoms. The van der Waals surface area contributed by atoms with Crippen LogP contribution >= 0.6 is 50.3 Å². The van der Waals surface area contributed by atoms with E-state index in [0.29, 0.717) is 4.83 Å². The molecule has 3 heteroatoms. The first-order valence-electron chi connectivity index (χ1n) is 3.84. The van der Waals surface area contributed by atoms with Crippen LogP contribution < -0.4 is 0 Å². The van der Waals surface area contributed by atoms with Crippen LogP contribution in [0.4, 0.5) is 0 Å². The van der Waals surface area contributed by atoms with Crippen LogP contribution in [0.2, 0.25) is 0 Å². The molecule has 1 atom stereocenters. The Labute approximate surface area is 98.8 Å². The molecule has 12 heavy (non-hydrogen) atoms. The minimum Gasteiger partial charge on any atom is -0.126 e. The molecule has 0 fully saturated rings. The summed E-state index contributed by atoms with van der Waals surface area (Å²) in [4.78, 5) is 2.02. The summed E-state index contributed by atoms with van der Waals surface area (Å²) < 4.78 is 1.39. The lowest BCUT2D eigenvalue weighted by Gasteiger charge is -2.21. The van der Waals surface area contributed by atoms with E-state index in [-0.39, 0.29) is 0 Å². The van der Waals surface area contributed by atoms with Crippen molar-refractivity contribution in [3.05, 3.63) is 27.3 Å². The fourth-order valence-corrected chi connectivity index (χ4v) is 5.18. The third kappa shape index (κ3) is 1.68. The first kappa shape index (κ1) is 9.34. The zero-order chi connectivity index (χ0) is 8.55. The summed E-state index contributed by atoms with van der Waals surface area (Å²) in [6, 6.07) is 6.54. The average molecular weight is 355 g/mol. The van der Waals surface area contributed by atoms with E-state index in [1.54, 1.807) is 0 Å². The Hall–Kier alpha value is 0.780. The van der Waals surface area contributed by atoms with Crippen molar-refractivity contribution in [2.75, 3.05) is 5.75 Å². The number of benzene rings is 1. The molecule has 0 bridgehead atoms. The van der Waals surface area contributed by atoms with Crippen LogP contribution in [-0.2, 0) is 0 Å². The minimum atomic E-state index is 0.571. The van der Waals surface area contributed by atoms with Crippen molar-refractivity contribution in [1.82, 2.24) is 0 Å². The molecule has 1 aromatic carbocycles. The van der Waals surface area contributed by atoms with E-state index < -0.39 is 0 Å². The molecule has 0 aliphatic carbocycles. The predicted molar refractivity (Wildman–Crippen MR) is 66.2 cm³/mol. The second-order valence-electron chi connectivity index (χ2n) is 2.76. The normalized spacial score (nSPS) is 22.0. The van der Waals surface area contributed by atoms with Crippen LogP contribution in [0.5, 0.6) is 0 Å². The molecule has 0 aromatic heterocycles. The Balaban J connectivity index is 2.53. The average Bonchev–Trinajstić information content (AvgIpc) is 2.04. The highest BCUT2D eigenvalue weighted by Crippen LogP contribution is 2.42.